The Balaban J connectivity index is 2.48. The first-order chi connectivity index (χ1) is 8.54. The first-order valence-electron chi connectivity index (χ1n) is 6.25. The summed E-state index contributed by atoms with van der Waals surface area (Å²) in [6.07, 6.45) is 0.579. The van der Waals surface area contributed by atoms with Crippen molar-refractivity contribution in [2.75, 3.05) is 18.5 Å². The van der Waals surface area contributed by atoms with E-state index in [9.17, 15) is 4.79 Å². The molecule has 1 atom stereocenters. The Kier molecular flexibility index (Phi) is 5.65. The van der Waals surface area contributed by atoms with Gasteiger partial charge in [0.05, 0.1) is 6.54 Å². The highest BCUT2D eigenvalue weighted by molar-refractivity contribution is 5.81. The molecule has 0 radical (unpaired) electrons. The van der Waals surface area contributed by atoms with E-state index in [0.29, 0.717) is 6.42 Å². The molecule has 4 heteroatoms. The third-order valence-electron chi connectivity index (χ3n) is 2.88. The van der Waals surface area contributed by atoms with Crippen LogP contribution in [0.1, 0.15) is 24.5 Å². The monoisotopic (exact) mass is 250 g/mol. The SMILES string of the molecule is Cc1cccc(C)c1NCC(=O)NC(C)CCO. The Bertz CT molecular complexity index is 385. The summed E-state index contributed by atoms with van der Waals surface area (Å²) in [5, 5.41) is 14.7. The van der Waals surface area contributed by atoms with E-state index in [1.54, 1.807) is 0 Å². The van der Waals surface area contributed by atoms with Gasteiger partial charge >= 0.3 is 0 Å². The van der Waals surface area contributed by atoms with Crippen molar-refractivity contribution in [2.24, 2.45) is 0 Å². The fourth-order valence-electron chi connectivity index (χ4n) is 1.85. The minimum Gasteiger partial charge on any atom is -0.396 e. The molecule has 1 rings (SSSR count). The average Bonchev–Trinajstić information content (AvgIpc) is 2.28. The number of nitrogens with one attached hydrogen (secondary N) is 2. The fraction of sp³-hybridized carbons (Fsp3) is 0.500. The number of rotatable bonds is 6. The molecule has 0 aliphatic carbocycles. The van der Waals surface area contributed by atoms with E-state index in [0.717, 1.165) is 16.8 Å². The van der Waals surface area contributed by atoms with E-state index in [1.165, 1.54) is 0 Å². The molecule has 0 aliphatic heterocycles. The van der Waals surface area contributed by atoms with E-state index in [-0.39, 0.29) is 25.1 Å². The van der Waals surface area contributed by atoms with Crippen molar-refractivity contribution in [2.45, 2.75) is 33.2 Å². The molecule has 4 nitrogen and oxygen atoms in total. The van der Waals surface area contributed by atoms with Gasteiger partial charge in [0.2, 0.25) is 5.91 Å². The first kappa shape index (κ1) is 14.5. The number of hydrogen-bond acceptors (Lipinski definition) is 3. The molecule has 0 fully saturated rings. The van der Waals surface area contributed by atoms with E-state index in [2.05, 4.69) is 10.6 Å². The molecule has 0 saturated carbocycles. The van der Waals surface area contributed by atoms with Crippen molar-refractivity contribution in [1.29, 1.82) is 0 Å². The van der Waals surface area contributed by atoms with Gasteiger partial charge < -0.3 is 15.7 Å². The molecule has 0 spiro atoms. The molecule has 0 saturated heterocycles. The molecule has 3 N–H and O–H groups in total. The summed E-state index contributed by atoms with van der Waals surface area (Å²) in [5.41, 5.74) is 3.28. The number of para-hydroxylation sites is 1. The Morgan fingerprint density at radius 2 is 1.94 bits per heavy atom. The van der Waals surface area contributed by atoms with Gasteiger partial charge in [0, 0.05) is 18.3 Å². The number of aliphatic hydroxyl groups is 1. The number of anilines is 1. The van der Waals surface area contributed by atoms with E-state index in [4.69, 9.17) is 5.11 Å². The summed E-state index contributed by atoms with van der Waals surface area (Å²) in [6, 6.07) is 6.03. The van der Waals surface area contributed by atoms with Crippen LogP contribution < -0.4 is 10.6 Å². The van der Waals surface area contributed by atoms with Gasteiger partial charge in [0.25, 0.3) is 0 Å². The number of amides is 1. The van der Waals surface area contributed by atoms with Gasteiger partial charge in [-0.05, 0) is 38.3 Å². The summed E-state index contributed by atoms with van der Waals surface area (Å²) in [6.45, 7) is 6.25. The minimum atomic E-state index is -0.0568. The maximum absolute atomic E-state index is 11.7. The van der Waals surface area contributed by atoms with Gasteiger partial charge in [-0.25, -0.2) is 0 Å². The number of aryl methyl sites for hydroxylation is 2. The lowest BCUT2D eigenvalue weighted by Gasteiger charge is -2.15. The smallest absolute Gasteiger partial charge is 0.239 e. The second-order valence-corrected chi connectivity index (χ2v) is 4.60. The fourth-order valence-corrected chi connectivity index (χ4v) is 1.85. The maximum atomic E-state index is 11.7. The Morgan fingerprint density at radius 1 is 1.33 bits per heavy atom. The number of carbonyl (C=O) groups excluding carboxylic acids is 1. The first-order valence-corrected chi connectivity index (χ1v) is 6.25. The van der Waals surface area contributed by atoms with Gasteiger partial charge in [-0.15, -0.1) is 0 Å². The molecular weight excluding hydrogens is 228 g/mol. The Hall–Kier alpha value is -1.55. The van der Waals surface area contributed by atoms with Crippen molar-refractivity contribution < 1.29 is 9.90 Å². The predicted octanol–water partition coefficient (Wildman–Crippen LogP) is 1.60. The second-order valence-electron chi connectivity index (χ2n) is 4.60. The third-order valence-corrected chi connectivity index (χ3v) is 2.88. The van der Waals surface area contributed by atoms with Crippen molar-refractivity contribution in [3.63, 3.8) is 0 Å². The molecule has 1 aromatic carbocycles. The zero-order chi connectivity index (χ0) is 13.5. The summed E-state index contributed by atoms with van der Waals surface area (Å²) >= 11 is 0. The molecule has 0 bridgehead atoms. The van der Waals surface area contributed by atoms with Gasteiger partial charge in [0.15, 0.2) is 0 Å². The average molecular weight is 250 g/mol. The lowest BCUT2D eigenvalue weighted by molar-refractivity contribution is -0.120. The number of carbonyl (C=O) groups is 1. The lowest BCUT2D eigenvalue weighted by Crippen LogP contribution is -2.37. The van der Waals surface area contributed by atoms with Crippen LogP contribution in [0.4, 0.5) is 5.69 Å². The number of aliphatic hydroxyl groups excluding tert-OH is 1. The molecule has 0 heterocycles. The normalized spacial score (nSPS) is 12.0. The van der Waals surface area contributed by atoms with Crippen LogP contribution in [-0.2, 0) is 4.79 Å². The largest absolute Gasteiger partial charge is 0.396 e. The van der Waals surface area contributed by atoms with E-state index < -0.39 is 0 Å². The molecule has 0 aromatic heterocycles. The molecule has 1 aromatic rings. The lowest BCUT2D eigenvalue weighted by atomic mass is 10.1. The number of benzene rings is 1. The summed E-state index contributed by atoms with van der Waals surface area (Å²) in [7, 11) is 0. The highest BCUT2D eigenvalue weighted by Gasteiger charge is 2.08. The van der Waals surface area contributed by atoms with Crippen LogP contribution in [0.5, 0.6) is 0 Å². The van der Waals surface area contributed by atoms with Crippen LogP contribution in [0.3, 0.4) is 0 Å². The Labute approximate surface area is 108 Å². The van der Waals surface area contributed by atoms with Gasteiger partial charge in [-0.1, -0.05) is 18.2 Å². The van der Waals surface area contributed by atoms with Gasteiger partial charge in [-0.3, -0.25) is 4.79 Å². The number of hydrogen-bond donors (Lipinski definition) is 3. The minimum absolute atomic E-state index is 0.00210. The van der Waals surface area contributed by atoms with Crippen LogP contribution >= 0.6 is 0 Å². The van der Waals surface area contributed by atoms with Crippen LogP contribution in [0, 0.1) is 13.8 Å². The van der Waals surface area contributed by atoms with E-state index in [1.807, 2.05) is 39.0 Å². The molecule has 100 valence electrons. The van der Waals surface area contributed by atoms with Crippen molar-refractivity contribution in [3.8, 4) is 0 Å². The predicted molar refractivity (Wildman–Crippen MR) is 73.7 cm³/mol. The highest BCUT2D eigenvalue weighted by atomic mass is 16.3. The van der Waals surface area contributed by atoms with Crippen molar-refractivity contribution in [3.05, 3.63) is 29.3 Å². The molecule has 1 amide bonds. The van der Waals surface area contributed by atoms with Crippen molar-refractivity contribution in [1.82, 2.24) is 5.32 Å². The summed E-state index contributed by atoms with van der Waals surface area (Å²) < 4.78 is 0. The van der Waals surface area contributed by atoms with Gasteiger partial charge in [0.1, 0.15) is 0 Å². The second kappa shape index (κ2) is 7.01. The highest BCUT2D eigenvalue weighted by Crippen LogP contribution is 2.18. The molecule has 1 unspecified atom stereocenters. The quantitative estimate of drug-likeness (QED) is 0.718. The Morgan fingerprint density at radius 3 is 2.50 bits per heavy atom. The topological polar surface area (TPSA) is 61.4 Å². The summed E-state index contributed by atoms with van der Waals surface area (Å²) in [4.78, 5) is 11.7. The standard InChI is InChI=1S/C14H22N2O2/c1-10-5-4-6-11(2)14(10)15-9-13(18)16-12(3)7-8-17/h4-6,12,15,17H,7-9H2,1-3H3,(H,16,18). The van der Waals surface area contributed by atoms with Gasteiger partial charge in [-0.2, -0.15) is 0 Å². The van der Waals surface area contributed by atoms with Crippen molar-refractivity contribution >= 4 is 11.6 Å². The maximum Gasteiger partial charge on any atom is 0.239 e. The molecule has 0 aliphatic rings. The zero-order valence-electron chi connectivity index (χ0n) is 11.3. The third kappa shape index (κ3) is 4.37. The van der Waals surface area contributed by atoms with Crippen LogP contribution in [0.2, 0.25) is 0 Å². The van der Waals surface area contributed by atoms with Crippen LogP contribution in [0.15, 0.2) is 18.2 Å². The van der Waals surface area contributed by atoms with Crippen LogP contribution in [-0.4, -0.2) is 30.2 Å². The zero-order valence-corrected chi connectivity index (χ0v) is 11.3. The van der Waals surface area contributed by atoms with E-state index >= 15 is 0 Å². The molecular formula is C14H22N2O2. The summed E-state index contributed by atoms with van der Waals surface area (Å²) in [5.74, 6) is -0.0568. The molecule has 18 heavy (non-hydrogen) atoms. The van der Waals surface area contributed by atoms with Crippen LogP contribution in [0.25, 0.3) is 0 Å².